The van der Waals surface area contributed by atoms with Crippen LogP contribution in [0.5, 0.6) is 5.75 Å². The summed E-state index contributed by atoms with van der Waals surface area (Å²) >= 11 is 1.44. The molecule has 0 unspecified atom stereocenters. The smallest absolute Gasteiger partial charge is 0.261 e. The zero-order valence-corrected chi connectivity index (χ0v) is 13.3. The highest BCUT2D eigenvalue weighted by atomic mass is 32.1. The Bertz CT molecular complexity index is 793. The van der Waals surface area contributed by atoms with Gasteiger partial charge in [0, 0.05) is 26.1 Å². The molecule has 0 saturated heterocycles. The van der Waals surface area contributed by atoms with E-state index in [0.29, 0.717) is 13.0 Å². The molecule has 3 aromatic rings. The Labute approximate surface area is 132 Å². The first-order chi connectivity index (χ1) is 10.7. The summed E-state index contributed by atoms with van der Waals surface area (Å²) < 4.78 is 7.27. The Morgan fingerprint density at radius 3 is 3.00 bits per heavy atom. The minimum Gasteiger partial charge on any atom is -0.497 e. The van der Waals surface area contributed by atoms with E-state index in [9.17, 15) is 4.79 Å². The molecule has 3 rings (SSSR count). The van der Waals surface area contributed by atoms with Crippen molar-refractivity contribution in [3.63, 3.8) is 0 Å². The Balaban J connectivity index is 1.69. The van der Waals surface area contributed by atoms with E-state index in [4.69, 9.17) is 4.74 Å². The second kappa shape index (κ2) is 6.19. The summed E-state index contributed by atoms with van der Waals surface area (Å²) in [6.07, 6.45) is 0.685. The number of nitrogens with zero attached hydrogens (tertiary/aromatic N) is 2. The lowest BCUT2D eigenvalue weighted by molar-refractivity contribution is 0.0958. The van der Waals surface area contributed by atoms with Crippen LogP contribution in [0, 0.1) is 0 Å². The van der Waals surface area contributed by atoms with Crippen molar-refractivity contribution in [3.05, 3.63) is 46.4 Å². The molecule has 1 N–H and O–H groups in total. The maximum atomic E-state index is 11.9. The first kappa shape index (κ1) is 14.6. The number of carbonyl (C=O) groups excluding carboxylic acids is 1. The number of aryl methyl sites for hydroxylation is 1. The van der Waals surface area contributed by atoms with Crippen molar-refractivity contribution in [3.8, 4) is 5.75 Å². The summed E-state index contributed by atoms with van der Waals surface area (Å²) in [6, 6.07) is 9.53. The van der Waals surface area contributed by atoms with Crippen molar-refractivity contribution < 1.29 is 9.53 Å². The number of nitrogens with one attached hydrogen (secondary N) is 1. The van der Waals surface area contributed by atoms with Gasteiger partial charge in [0.1, 0.15) is 11.6 Å². The number of aromatic nitrogens is 2. The average molecular weight is 315 g/mol. The second-order valence-electron chi connectivity index (χ2n) is 4.92. The summed E-state index contributed by atoms with van der Waals surface area (Å²) in [5, 5.41) is 4.82. The maximum absolute atomic E-state index is 11.9. The van der Waals surface area contributed by atoms with Gasteiger partial charge < -0.3 is 14.6 Å². The van der Waals surface area contributed by atoms with Crippen LogP contribution in [0.2, 0.25) is 0 Å². The molecule has 22 heavy (non-hydrogen) atoms. The minimum atomic E-state index is -0.0320. The van der Waals surface area contributed by atoms with Crippen molar-refractivity contribution in [2.75, 3.05) is 13.7 Å². The van der Waals surface area contributed by atoms with Gasteiger partial charge in [-0.1, -0.05) is 6.07 Å². The molecule has 0 spiro atoms. The number of imidazole rings is 1. The number of rotatable bonds is 5. The van der Waals surface area contributed by atoms with E-state index < -0.39 is 0 Å². The lowest BCUT2D eigenvalue weighted by Crippen LogP contribution is -2.25. The highest BCUT2D eigenvalue weighted by Crippen LogP contribution is 2.21. The van der Waals surface area contributed by atoms with Gasteiger partial charge in [-0.05, 0) is 23.6 Å². The fraction of sp³-hybridized carbons (Fsp3) is 0.250. The molecule has 0 aliphatic rings. The highest BCUT2D eigenvalue weighted by Gasteiger charge is 2.10. The first-order valence-electron chi connectivity index (χ1n) is 7.00. The van der Waals surface area contributed by atoms with Crippen LogP contribution in [0.3, 0.4) is 0 Å². The molecule has 0 aliphatic heterocycles. The number of methoxy groups -OCH3 is 1. The van der Waals surface area contributed by atoms with E-state index in [1.807, 2.05) is 47.3 Å². The monoisotopic (exact) mass is 315 g/mol. The van der Waals surface area contributed by atoms with Gasteiger partial charge in [0.15, 0.2) is 0 Å². The van der Waals surface area contributed by atoms with Crippen molar-refractivity contribution in [1.29, 1.82) is 0 Å². The summed E-state index contributed by atoms with van der Waals surface area (Å²) in [4.78, 5) is 17.2. The van der Waals surface area contributed by atoms with E-state index in [1.165, 1.54) is 11.3 Å². The van der Waals surface area contributed by atoms with E-state index in [1.54, 1.807) is 7.11 Å². The molecule has 1 amide bonds. The van der Waals surface area contributed by atoms with E-state index >= 15 is 0 Å². The number of hydrogen-bond acceptors (Lipinski definition) is 4. The SMILES string of the molecule is COc1ccc2c(c1)nc(CCNC(=O)c1cccs1)n2C. The van der Waals surface area contributed by atoms with E-state index in [-0.39, 0.29) is 5.91 Å². The lowest BCUT2D eigenvalue weighted by Gasteiger charge is -2.04. The molecule has 2 aromatic heterocycles. The molecule has 114 valence electrons. The van der Waals surface area contributed by atoms with Gasteiger partial charge >= 0.3 is 0 Å². The normalized spacial score (nSPS) is 10.8. The van der Waals surface area contributed by atoms with Crippen LogP contribution >= 0.6 is 11.3 Å². The Kier molecular flexibility index (Phi) is 4.11. The molecular weight excluding hydrogens is 298 g/mol. The molecule has 0 bridgehead atoms. The quantitative estimate of drug-likeness (QED) is 0.787. The topological polar surface area (TPSA) is 56.1 Å². The molecule has 0 saturated carbocycles. The van der Waals surface area contributed by atoms with E-state index in [2.05, 4.69) is 10.3 Å². The standard InChI is InChI=1S/C16H17N3O2S/c1-19-13-6-5-11(21-2)10-12(13)18-15(19)7-8-17-16(20)14-4-3-9-22-14/h3-6,9-10H,7-8H2,1-2H3,(H,17,20). The van der Waals surface area contributed by atoms with Crippen LogP contribution in [0.15, 0.2) is 35.7 Å². The highest BCUT2D eigenvalue weighted by molar-refractivity contribution is 7.12. The van der Waals surface area contributed by atoms with Gasteiger partial charge in [0.25, 0.3) is 5.91 Å². The fourth-order valence-corrected chi connectivity index (χ4v) is 3.00. The first-order valence-corrected chi connectivity index (χ1v) is 7.88. The molecule has 0 radical (unpaired) electrons. The van der Waals surface area contributed by atoms with Crippen molar-refractivity contribution in [2.45, 2.75) is 6.42 Å². The molecule has 5 nitrogen and oxygen atoms in total. The third-order valence-electron chi connectivity index (χ3n) is 3.56. The third-order valence-corrected chi connectivity index (χ3v) is 4.43. The number of fused-ring (bicyclic) bond motifs is 1. The Morgan fingerprint density at radius 1 is 1.41 bits per heavy atom. The van der Waals surface area contributed by atoms with Crippen LogP contribution in [0.25, 0.3) is 11.0 Å². The lowest BCUT2D eigenvalue weighted by atomic mass is 10.3. The Morgan fingerprint density at radius 2 is 2.27 bits per heavy atom. The number of carbonyl (C=O) groups is 1. The summed E-state index contributed by atoms with van der Waals surface area (Å²) in [5.41, 5.74) is 1.96. The van der Waals surface area contributed by atoms with Crippen LogP contribution in [0.4, 0.5) is 0 Å². The van der Waals surface area contributed by atoms with Crippen LogP contribution in [-0.4, -0.2) is 29.1 Å². The summed E-state index contributed by atoms with van der Waals surface area (Å²) in [7, 11) is 3.63. The largest absolute Gasteiger partial charge is 0.497 e. The zero-order valence-electron chi connectivity index (χ0n) is 12.5. The van der Waals surface area contributed by atoms with Crippen LogP contribution < -0.4 is 10.1 Å². The molecular formula is C16H17N3O2S. The number of thiophene rings is 1. The molecule has 1 aromatic carbocycles. The van der Waals surface area contributed by atoms with Gasteiger partial charge in [-0.2, -0.15) is 0 Å². The summed E-state index contributed by atoms with van der Waals surface area (Å²) in [6.45, 7) is 0.561. The third kappa shape index (κ3) is 2.82. The molecule has 0 fully saturated rings. The van der Waals surface area contributed by atoms with Crippen LogP contribution in [0.1, 0.15) is 15.5 Å². The predicted octanol–water partition coefficient (Wildman–Crippen LogP) is 2.62. The molecule has 0 atom stereocenters. The predicted molar refractivity (Wildman–Crippen MR) is 87.6 cm³/mol. The van der Waals surface area contributed by atoms with Crippen LogP contribution in [-0.2, 0) is 13.5 Å². The minimum absolute atomic E-state index is 0.0320. The average Bonchev–Trinajstić information content (AvgIpc) is 3.16. The van der Waals surface area contributed by atoms with Gasteiger partial charge in [-0.25, -0.2) is 4.98 Å². The van der Waals surface area contributed by atoms with Gasteiger partial charge in [-0.3, -0.25) is 4.79 Å². The Hall–Kier alpha value is -2.34. The molecule has 6 heteroatoms. The maximum Gasteiger partial charge on any atom is 0.261 e. The zero-order chi connectivity index (χ0) is 15.5. The number of benzene rings is 1. The van der Waals surface area contributed by atoms with Crippen molar-refractivity contribution >= 4 is 28.3 Å². The van der Waals surface area contributed by atoms with Crippen molar-refractivity contribution in [1.82, 2.24) is 14.9 Å². The summed E-state index contributed by atoms with van der Waals surface area (Å²) in [5.74, 6) is 1.70. The van der Waals surface area contributed by atoms with Gasteiger partial charge in [-0.15, -0.1) is 11.3 Å². The molecule has 2 heterocycles. The number of hydrogen-bond donors (Lipinski definition) is 1. The second-order valence-corrected chi connectivity index (χ2v) is 5.87. The fourth-order valence-electron chi connectivity index (χ4n) is 2.36. The number of amides is 1. The number of ether oxygens (including phenoxy) is 1. The van der Waals surface area contributed by atoms with Gasteiger partial charge in [0.05, 0.1) is 23.0 Å². The van der Waals surface area contributed by atoms with E-state index in [0.717, 1.165) is 27.5 Å². The molecule has 0 aliphatic carbocycles. The van der Waals surface area contributed by atoms with Gasteiger partial charge in [0.2, 0.25) is 0 Å². The van der Waals surface area contributed by atoms with Crippen molar-refractivity contribution in [2.24, 2.45) is 7.05 Å².